The number of hydrogen-bond donors (Lipinski definition) is 3. The van der Waals surface area contributed by atoms with Crippen LogP contribution in [0.5, 0.6) is 0 Å². The second kappa shape index (κ2) is 6.27. The first-order chi connectivity index (χ1) is 13.2. The lowest BCUT2D eigenvalue weighted by atomic mass is 9.76. The van der Waals surface area contributed by atoms with Crippen molar-refractivity contribution in [2.24, 2.45) is 11.8 Å². The molecule has 7 nitrogen and oxygen atoms in total. The van der Waals surface area contributed by atoms with E-state index in [9.17, 15) is 19.5 Å². The maximum absolute atomic E-state index is 13.4. The van der Waals surface area contributed by atoms with Gasteiger partial charge in [0.1, 0.15) is 5.54 Å². The van der Waals surface area contributed by atoms with Crippen molar-refractivity contribution in [2.45, 2.75) is 57.8 Å². The molecule has 0 aromatic heterocycles. The number of imide groups is 1. The zero-order valence-corrected chi connectivity index (χ0v) is 17.0. The molecule has 2 fully saturated rings. The molecule has 150 valence electrons. The fraction of sp³-hybridized carbons (Fsp3) is 0.550. The van der Waals surface area contributed by atoms with Crippen LogP contribution < -0.4 is 10.6 Å². The van der Waals surface area contributed by atoms with Gasteiger partial charge in [0.15, 0.2) is 0 Å². The summed E-state index contributed by atoms with van der Waals surface area (Å²) in [6.45, 7) is 7.09. The highest BCUT2D eigenvalue weighted by molar-refractivity contribution is 6.32. The van der Waals surface area contributed by atoms with Gasteiger partial charge in [-0.05, 0) is 38.8 Å². The fourth-order valence-corrected chi connectivity index (χ4v) is 5.13. The number of amides is 3. The number of benzene rings is 1. The number of nitrogens with zero attached hydrogens (tertiary/aromatic N) is 1. The smallest absolute Gasteiger partial charge is 0.250 e. The lowest BCUT2D eigenvalue weighted by Crippen LogP contribution is -2.55. The van der Waals surface area contributed by atoms with E-state index in [1.807, 2.05) is 13.8 Å². The highest BCUT2D eigenvalue weighted by atomic mass is 35.5. The second-order valence-electron chi connectivity index (χ2n) is 8.08. The number of hydrogen-bond acceptors (Lipinski definition) is 5. The van der Waals surface area contributed by atoms with Crippen molar-refractivity contribution in [2.75, 3.05) is 5.32 Å². The number of aliphatic hydroxyl groups is 1. The number of aliphatic hydroxyl groups excluding tert-OH is 1. The lowest BCUT2D eigenvalue weighted by molar-refractivity contribution is -0.145. The number of anilines is 1. The molecule has 4 rings (SSSR count). The third-order valence-electron chi connectivity index (χ3n) is 6.60. The molecule has 8 heteroatoms. The molecule has 3 aliphatic rings. The van der Waals surface area contributed by atoms with E-state index in [4.69, 9.17) is 11.6 Å². The van der Waals surface area contributed by atoms with E-state index in [0.29, 0.717) is 28.3 Å². The van der Waals surface area contributed by atoms with Gasteiger partial charge in [0.05, 0.1) is 23.6 Å². The topological polar surface area (TPSA) is 98.7 Å². The summed E-state index contributed by atoms with van der Waals surface area (Å²) in [7, 11) is 0. The first kappa shape index (κ1) is 19.4. The van der Waals surface area contributed by atoms with Crippen molar-refractivity contribution in [3.63, 3.8) is 0 Å². The van der Waals surface area contributed by atoms with E-state index in [1.165, 1.54) is 4.90 Å². The van der Waals surface area contributed by atoms with Crippen LogP contribution in [0.25, 0.3) is 0 Å². The Labute approximate surface area is 168 Å². The van der Waals surface area contributed by atoms with Crippen molar-refractivity contribution in [1.82, 2.24) is 10.2 Å². The number of halogens is 1. The van der Waals surface area contributed by atoms with Crippen molar-refractivity contribution >= 4 is 35.0 Å². The molecular formula is C20H24ClN3O4. The van der Waals surface area contributed by atoms with Gasteiger partial charge in [0, 0.05) is 22.7 Å². The summed E-state index contributed by atoms with van der Waals surface area (Å²) in [5.74, 6) is -2.79. The highest BCUT2D eigenvalue weighted by Crippen LogP contribution is 2.54. The Morgan fingerprint density at radius 1 is 1.25 bits per heavy atom. The summed E-state index contributed by atoms with van der Waals surface area (Å²) in [6.07, 6.45) is -0.292. The maximum atomic E-state index is 13.4. The van der Waals surface area contributed by atoms with Gasteiger partial charge in [0.2, 0.25) is 17.7 Å². The van der Waals surface area contributed by atoms with Crippen LogP contribution in [0.3, 0.4) is 0 Å². The number of carbonyl (C=O) groups excluding carboxylic acids is 3. The zero-order chi connectivity index (χ0) is 20.5. The Morgan fingerprint density at radius 2 is 1.93 bits per heavy atom. The van der Waals surface area contributed by atoms with Gasteiger partial charge in [-0.1, -0.05) is 24.6 Å². The average Bonchev–Trinajstić information content (AvgIpc) is 3.24. The van der Waals surface area contributed by atoms with Gasteiger partial charge < -0.3 is 10.4 Å². The number of carbonyl (C=O) groups is 3. The number of likely N-dealkylation sites (tertiary alicyclic amines) is 1. The van der Waals surface area contributed by atoms with Crippen molar-refractivity contribution in [1.29, 1.82) is 0 Å². The van der Waals surface area contributed by atoms with Gasteiger partial charge in [0.25, 0.3) is 0 Å². The van der Waals surface area contributed by atoms with Crippen LogP contribution in [-0.2, 0) is 19.9 Å². The summed E-state index contributed by atoms with van der Waals surface area (Å²) in [4.78, 5) is 41.1. The number of fused-ring (bicyclic) bond motifs is 4. The zero-order valence-electron chi connectivity index (χ0n) is 16.2. The fourth-order valence-electron chi connectivity index (χ4n) is 4.97. The third-order valence-corrected chi connectivity index (χ3v) is 7.01. The Balaban J connectivity index is 1.93. The van der Waals surface area contributed by atoms with E-state index in [-0.39, 0.29) is 17.9 Å². The van der Waals surface area contributed by atoms with Crippen LogP contribution in [0, 0.1) is 18.8 Å². The van der Waals surface area contributed by atoms with Gasteiger partial charge in [-0.15, -0.1) is 0 Å². The summed E-state index contributed by atoms with van der Waals surface area (Å²) in [5.41, 5.74) is 0.479. The van der Waals surface area contributed by atoms with Crippen molar-refractivity contribution in [3.05, 3.63) is 28.3 Å². The molecule has 3 N–H and O–H groups in total. The van der Waals surface area contributed by atoms with Gasteiger partial charge in [-0.2, -0.15) is 0 Å². The molecular weight excluding hydrogens is 382 g/mol. The predicted molar refractivity (Wildman–Crippen MR) is 104 cm³/mol. The SMILES string of the molecule is CC[C@@H](C)N1C(=O)[C@@H]2[C@@H]([C@H](C)O)N[C@@]3(C(=O)Nc4c3ccc(Cl)c4C)[C@@H]2C1=O. The standard InChI is InChI=1S/C20H24ClN3O4/c1-5-8(2)24-17(26)13-14(18(24)27)20(23-16(13)10(4)25)11-6-7-12(21)9(3)15(11)22-19(20)28/h6-8,10,13-14,16,23,25H,5H2,1-4H3,(H,22,28)/t8-,10+,13+,14+,16-,20-/m1/s1. The number of rotatable bonds is 3. The quantitative estimate of drug-likeness (QED) is 0.663. The first-order valence-electron chi connectivity index (χ1n) is 9.60. The summed E-state index contributed by atoms with van der Waals surface area (Å²) < 4.78 is 0. The molecule has 1 aromatic carbocycles. The van der Waals surface area contributed by atoms with Crippen LogP contribution in [0.2, 0.25) is 5.02 Å². The first-order valence-corrected chi connectivity index (χ1v) is 9.98. The molecule has 3 aliphatic heterocycles. The summed E-state index contributed by atoms with van der Waals surface area (Å²) >= 11 is 6.22. The van der Waals surface area contributed by atoms with Crippen molar-refractivity contribution < 1.29 is 19.5 Å². The molecule has 1 spiro atoms. The van der Waals surface area contributed by atoms with E-state index >= 15 is 0 Å². The molecule has 28 heavy (non-hydrogen) atoms. The Kier molecular flexibility index (Phi) is 4.34. The molecule has 0 bridgehead atoms. The normalized spacial score (nSPS) is 33.3. The molecule has 2 saturated heterocycles. The Hall–Kier alpha value is -1.96. The van der Waals surface area contributed by atoms with Crippen LogP contribution in [0.1, 0.15) is 38.3 Å². The molecule has 3 heterocycles. The Morgan fingerprint density at radius 3 is 2.54 bits per heavy atom. The molecule has 0 radical (unpaired) electrons. The van der Waals surface area contributed by atoms with E-state index in [1.54, 1.807) is 26.0 Å². The second-order valence-corrected chi connectivity index (χ2v) is 8.48. The maximum Gasteiger partial charge on any atom is 0.250 e. The van der Waals surface area contributed by atoms with Crippen LogP contribution in [0.4, 0.5) is 5.69 Å². The van der Waals surface area contributed by atoms with Crippen LogP contribution >= 0.6 is 11.6 Å². The van der Waals surface area contributed by atoms with Gasteiger partial charge in [-0.25, -0.2) is 0 Å². The minimum absolute atomic E-state index is 0.270. The summed E-state index contributed by atoms with van der Waals surface area (Å²) in [5, 5.41) is 16.9. The minimum atomic E-state index is -1.40. The third kappa shape index (κ3) is 2.21. The predicted octanol–water partition coefficient (Wildman–Crippen LogP) is 1.55. The minimum Gasteiger partial charge on any atom is -0.392 e. The van der Waals surface area contributed by atoms with Gasteiger partial charge in [-0.3, -0.25) is 24.6 Å². The monoisotopic (exact) mass is 405 g/mol. The van der Waals surface area contributed by atoms with E-state index in [2.05, 4.69) is 10.6 Å². The van der Waals surface area contributed by atoms with Crippen LogP contribution in [-0.4, -0.2) is 45.9 Å². The van der Waals surface area contributed by atoms with E-state index in [0.717, 1.165) is 0 Å². The molecule has 3 amide bonds. The lowest BCUT2D eigenvalue weighted by Gasteiger charge is -2.31. The molecule has 0 aliphatic carbocycles. The molecule has 1 aromatic rings. The number of nitrogens with one attached hydrogen (secondary N) is 2. The van der Waals surface area contributed by atoms with Crippen molar-refractivity contribution in [3.8, 4) is 0 Å². The molecule has 0 saturated carbocycles. The summed E-state index contributed by atoms with van der Waals surface area (Å²) in [6, 6.07) is 2.44. The van der Waals surface area contributed by atoms with E-state index < -0.39 is 35.4 Å². The van der Waals surface area contributed by atoms with Gasteiger partial charge >= 0.3 is 0 Å². The highest BCUT2D eigenvalue weighted by Gasteiger charge is 2.71. The Bertz CT molecular complexity index is 902. The molecule has 6 atom stereocenters. The molecule has 0 unspecified atom stereocenters. The van der Waals surface area contributed by atoms with Crippen LogP contribution in [0.15, 0.2) is 12.1 Å². The largest absolute Gasteiger partial charge is 0.392 e. The average molecular weight is 406 g/mol.